The van der Waals surface area contributed by atoms with Crippen molar-refractivity contribution >= 4 is 11.6 Å². The van der Waals surface area contributed by atoms with Crippen LogP contribution in [0.25, 0.3) is 0 Å². The number of methoxy groups -OCH3 is 1. The van der Waals surface area contributed by atoms with Crippen molar-refractivity contribution in [1.29, 1.82) is 0 Å². The highest BCUT2D eigenvalue weighted by Crippen LogP contribution is 2.49. The van der Waals surface area contributed by atoms with Crippen molar-refractivity contribution in [2.24, 2.45) is 0 Å². The molecule has 116 valence electrons. The molecule has 23 heavy (non-hydrogen) atoms. The minimum absolute atomic E-state index is 0.00497. The fraction of sp³-hybridized carbons (Fsp3) is 0.176. The smallest absolute Gasteiger partial charge is 0.231 e. The second kappa shape index (κ2) is 4.49. The van der Waals surface area contributed by atoms with Crippen LogP contribution < -0.4 is 14.2 Å². The Bertz CT molecular complexity index is 897. The lowest BCUT2D eigenvalue weighted by molar-refractivity contribution is 0.0972. The Hall–Kier alpha value is -3.02. The Labute approximate surface area is 131 Å². The minimum Gasteiger partial charge on any atom is -0.507 e. The van der Waals surface area contributed by atoms with E-state index in [9.17, 15) is 14.7 Å². The van der Waals surface area contributed by atoms with Gasteiger partial charge in [0.15, 0.2) is 17.3 Å². The van der Waals surface area contributed by atoms with Crippen LogP contribution in [0.4, 0.5) is 0 Å². The maximum Gasteiger partial charge on any atom is 0.231 e. The van der Waals surface area contributed by atoms with Crippen molar-refractivity contribution in [3.05, 3.63) is 46.0 Å². The number of aryl methyl sites for hydroxylation is 1. The number of fused-ring (bicyclic) bond motifs is 4. The standard InChI is InChI=1S/C17H12O6/c1-7-3-4-8-11(13(7)18)15(20)12-9(14(8)19)5-10(21-2)16-17(12)23-6-22-16/h3-5,18H,6H2,1-2H3. The normalized spacial score (nSPS) is 14.5. The third-order valence-corrected chi connectivity index (χ3v) is 4.15. The number of carbonyl (C=O) groups excluding carboxylic acids is 2. The third-order valence-electron chi connectivity index (χ3n) is 4.15. The monoisotopic (exact) mass is 312 g/mol. The van der Waals surface area contributed by atoms with E-state index < -0.39 is 5.78 Å². The Morgan fingerprint density at radius 3 is 2.52 bits per heavy atom. The van der Waals surface area contributed by atoms with Gasteiger partial charge in [0, 0.05) is 11.1 Å². The van der Waals surface area contributed by atoms with Gasteiger partial charge >= 0.3 is 0 Å². The zero-order valence-corrected chi connectivity index (χ0v) is 12.4. The summed E-state index contributed by atoms with van der Waals surface area (Å²) in [5.74, 6) is -0.193. The fourth-order valence-electron chi connectivity index (χ4n) is 2.98. The summed E-state index contributed by atoms with van der Waals surface area (Å²) in [5.41, 5.74) is 0.996. The molecule has 0 saturated heterocycles. The minimum atomic E-state index is -0.458. The zero-order valence-electron chi connectivity index (χ0n) is 12.4. The van der Waals surface area contributed by atoms with E-state index in [1.54, 1.807) is 19.1 Å². The molecule has 0 aromatic heterocycles. The van der Waals surface area contributed by atoms with Crippen LogP contribution in [0.2, 0.25) is 0 Å². The van der Waals surface area contributed by atoms with E-state index in [1.165, 1.54) is 13.2 Å². The van der Waals surface area contributed by atoms with Crippen molar-refractivity contribution < 1.29 is 28.9 Å². The Kier molecular flexibility index (Phi) is 2.66. The molecule has 0 saturated carbocycles. The van der Waals surface area contributed by atoms with E-state index in [2.05, 4.69) is 0 Å². The van der Waals surface area contributed by atoms with Crippen LogP contribution in [0.1, 0.15) is 37.4 Å². The molecule has 1 aliphatic heterocycles. The Morgan fingerprint density at radius 2 is 1.78 bits per heavy atom. The van der Waals surface area contributed by atoms with E-state index >= 15 is 0 Å². The summed E-state index contributed by atoms with van der Waals surface area (Å²) >= 11 is 0. The lowest BCUT2D eigenvalue weighted by Gasteiger charge is -2.21. The molecule has 0 fully saturated rings. The van der Waals surface area contributed by atoms with E-state index in [4.69, 9.17) is 14.2 Å². The number of phenols is 1. The summed E-state index contributed by atoms with van der Waals surface area (Å²) in [6, 6.07) is 4.63. The van der Waals surface area contributed by atoms with Crippen molar-refractivity contribution in [3.8, 4) is 23.0 Å². The summed E-state index contributed by atoms with van der Waals surface area (Å²) in [4.78, 5) is 25.7. The molecule has 4 rings (SSSR count). The molecule has 1 heterocycles. The lowest BCUT2D eigenvalue weighted by atomic mass is 9.82. The molecule has 0 atom stereocenters. The molecule has 1 N–H and O–H groups in total. The molecule has 0 bridgehead atoms. The number of ketones is 2. The van der Waals surface area contributed by atoms with Gasteiger partial charge in [-0.05, 0) is 24.6 Å². The third kappa shape index (κ3) is 1.63. The molecule has 0 radical (unpaired) electrons. The molecule has 2 aromatic carbocycles. The molecule has 0 unspecified atom stereocenters. The highest BCUT2D eigenvalue weighted by molar-refractivity contribution is 6.30. The fourth-order valence-corrected chi connectivity index (χ4v) is 2.98. The van der Waals surface area contributed by atoms with Gasteiger partial charge in [-0.15, -0.1) is 0 Å². The SMILES string of the molecule is COc1cc2c(c3c1OCO3)C(=O)c1c(ccc(C)c1O)C2=O. The second-order valence-corrected chi connectivity index (χ2v) is 5.38. The number of hydrogen-bond donors (Lipinski definition) is 1. The van der Waals surface area contributed by atoms with Crippen molar-refractivity contribution in [2.75, 3.05) is 13.9 Å². The number of rotatable bonds is 1. The van der Waals surface area contributed by atoms with Crippen molar-refractivity contribution in [3.63, 3.8) is 0 Å². The molecular formula is C17H12O6. The van der Waals surface area contributed by atoms with Gasteiger partial charge in [0.1, 0.15) is 5.75 Å². The van der Waals surface area contributed by atoms with E-state index in [-0.39, 0.29) is 46.3 Å². The first kappa shape index (κ1) is 13.6. The van der Waals surface area contributed by atoms with Crippen LogP contribution in [0.15, 0.2) is 18.2 Å². The van der Waals surface area contributed by atoms with Gasteiger partial charge in [-0.3, -0.25) is 9.59 Å². The summed E-state index contributed by atoms with van der Waals surface area (Å²) in [5, 5.41) is 10.2. The Balaban J connectivity index is 2.07. The molecule has 6 heteroatoms. The van der Waals surface area contributed by atoms with Crippen LogP contribution in [0.5, 0.6) is 23.0 Å². The quantitative estimate of drug-likeness (QED) is 0.742. The Morgan fingerprint density at radius 1 is 1.04 bits per heavy atom. The van der Waals surface area contributed by atoms with Crippen LogP contribution in [-0.4, -0.2) is 30.6 Å². The van der Waals surface area contributed by atoms with E-state index in [0.29, 0.717) is 17.1 Å². The number of benzene rings is 2. The summed E-state index contributed by atoms with van der Waals surface area (Å²) < 4.78 is 15.9. The lowest BCUT2D eigenvalue weighted by Crippen LogP contribution is -2.22. The van der Waals surface area contributed by atoms with Gasteiger partial charge in [-0.1, -0.05) is 6.07 Å². The molecule has 6 nitrogen and oxygen atoms in total. The number of aromatic hydroxyl groups is 1. The van der Waals surface area contributed by atoms with Gasteiger partial charge in [-0.25, -0.2) is 0 Å². The van der Waals surface area contributed by atoms with Gasteiger partial charge in [0.25, 0.3) is 0 Å². The van der Waals surface area contributed by atoms with Crippen LogP contribution >= 0.6 is 0 Å². The van der Waals surface area contributed by atoms with Crippen molar-refractivity contribution in [2.45, 2.75) is 6.92 Å². The molecule has 0 amide bonds. The molecular weight excluding hydrogens is 300 g/mol. The number of phenolic OH excluding ortho intramolecular Hbond substituents is 1. The topological polar surface area (TPSA) is 82.1 Å². The zero-order chi connectivity index (χ0) is 16.3. The summed E-state index contributed by atoms with van der Waals surface area (Å²) in [6.07, 6.45) is 0. The first-order valence-electron chi connectivity index (χ1n) is 6.97. The molecule has 2 aliphatic rings. The summed E-state index contributed by atoms with van der Waals surface area (Å²) in [7, 11) is 1.45. The first-order valence-corrected chi connectivity index (χ1v) is 6.97. The number of carbonyl (C=O) groups is 2. The van der Waals surface area contributed by atoms with E-state index in [1.807, 2.05) is 0 Å². The van der Waals surface area contributed by atoms with Gasteiger partial charge < -0.3 is 19.3 Å². The molecule has 2 aromatic rings. The number of ether oxygens (including phenoxy) is 3. The summed E-state index contributed by atoms with van der Waals surface area (Å²) in [6.45, 7) is 1.61. The number of hydrogen-bond acceptors (Lipinski definition) is 6. The average Bonchev–Trinajstić information content (AvgIpc) is 3.03. The van der Waals surface area contributed by atoms with Crippen molar-refractivity contribution in [1.82, 2.24) is 0 Å². The largest absolute Gasteiger partial charge is 0.507 e. The van der Waals surface area contributed by atoms with Crippen LogP contribution in [0.3, 0.4) is 0 Å². The predicted molar refractivity (Wildman–Crippen MR) is 78.8 cm³/mol. The maximum atomic E-state index is 12.9. The van der Waals surface area contributed by atoms with Gasteiger partial charge in [0.05, 0.1) is 18.2 Å². The van der Waals surface area contributed by atoms with Gasteiger partial charge in [0.2, 0.25) is 18.3 Å². The average molecular weight is 312 g/mol. The van der Waals surface area contributed by atoms with Crippen LogP contribution in [-0.2, 0) is 0 Å². The molecule has 0 spiro atoms. The first-order chi connectivity index (χ1) is 11.0. The van der Waals surface area contributed by atoms with E-state index in [0.717, 1.165) is 0 Å². The highest BCUT2D eigenvalue weighted by Gasteiger charge is 2.39. The maximum absolute atomic E-state index is 12.9. The second-order valence-electron chi connectivity index (χ2n) is 5.38. The predicted octanol–water partition coefficient (Wildman–Crippen LogP) is 2.21. The molecule has 1 aliphatic carbocycles. The van der Waals surface area contributed by atoms with Crippen LogP contribution in [0, 0.1) is 6.92 Å². The van der Waals surface area contributed by atoms with Gasteiger partial charge in [-0.2, -0.15) is 0 Å². The highest BCUT2D eigenvalue weighted by atomic mass is 16.7.